The molecule has 132 valence electrons. The topological polar surface area (TPSA) is 47.6 Å². The van der Waals surface area contributed by atoms with E-state index < -0.39 is 0 Å². The molecule has 0 bridgehead atoms. The van der Waals surface area contributed by atoms with Crippen molar-refractivity contribution in [2.24, 2.45) is 0 Å². The van der Waals surface area contributed by atoms with Gasteiger partial charge < -0.3 is 14.8 Å². The number of hydrogen-bond acceptors (Lipinski definition) is 3. The van der Waals surface area contributed by atoms with Crippen LogP contribution in [0, 0.1) is 0 Å². The summed E-state index contributed by atoms with van der Waals surface area (Å²) in [6, 6.07) is 14.4. The largest absolute Gasteiger partial charge is 0.494 e. The van der Waals surface area contributed by atoms with Crippen LogP contribution in [0.1, 0.15) is 37.0 Å². The van der Waals surface area contributed by atoms with E-state index in [0.717, 1.165) is 29.9 Å². The van der Waals surface area contributed by atoms with Gasteiger partial charge in [0.05, 0.1) is 6.61 Å². The van der Waals surface area contributed by atoms with E-state index in [9.17, 15) is 4.79 Å². The van der Waals surface area contributed by atoms with Crippen molar-refractivity contribution in [1.82, 2.24) is 0 Å². The first-order chi connectivity index (χ1) is 12.1. The van der Waals surface area contributed by atoms with E-state index in [1.165, 1.54) is 0 Å². The molecule has 0 heterocycles. The third-order valence-electron chi connectivity index (χ3n) is 3.48. The minimum Gasteiger partial charge on any atom is -0.494 e. The summed E-state index contributed by atoms with van der Waals surface area (Å²) in [6.45, 7) is 9.00. The molecule has 25 heavy (non-hydrogen) atoms. The van der Waals surface area contributed by atoms with Gasteiger partial charge in [0, 0.05) is 11.3 Å². The number of amides is 1. The van der Waals surface area contributed by atoms with Gasteiger partial charge in [-0.25, -0.2) is 0 Å². The third-order valence-corrected chi connectivity index (χ3v) is 3.48. The highest BCUT2D eigenvalue weighted by Crippen LogP contribution is 2.18. The van der Waals surface area contributed by atoms with Gasteiger partial charge in [0.1, 0.15) is 18.1 Å². The average molecular weight is 339 g/mol. The number of hydrogen-bond donors (Lipinski definition) is 1. The Morgan fingerprint density at radius 3 is 2.20 bits per heavy atom. The maximum Gasteiger partial charge on any atom is 0.255 e. The van der Waals surface area contributed by atoms with E-state index in [4.69, 9.17) is 9.47 Å². The zero-order valence-electron chi connectivity index (χ0n) is 14.9. The highest BCUT2D eigenvalue weighted by atomic mass is 16.5. The minimum absolute atomic E-state index is 0.161. The van der Waals surface area contributed by atoms with Gasteiger partial charge >= 0.3 is 0 Å². The normalized spacial score (nSPS) is 10.2. The summed E-state index contributed by atoms with van der Waals surface area (Å²) in [7, 11) is 0. The molecule has 2 aromatic carbocycles. The molecule has 0 unspecified atom stereocenters. The van der Waals surface area contributed by atoms with Crippen LogP contribution in [-0.4, -0.2) is 19.1 Å². The van der Waals surface area contributed by atoms with Crippen LogP contribution in [0.5, 0.6) is 11.5 Å². The second-order valence-electron chi connectivity index (χ2n) is 5.95. The van der Waals surface area contributed by atoms with Crippen molar-refractivity contribution in [2.45, 2.75) is 26.7 Å². The Labute approximate surface area is 149 Å². The van der Waals surface area contributed by atoms with Crippen LogP contribution in [-0.2, 0) is 0 Å². The highest BCUT2D eigenvalue weighted by Gasteiger charge is 2.06. The number of anilines is 1. The summed E-state index contributed by atoms with van der Waals surface area (Å²) in [5.41, 5.74) is 2.25. The number of rotatable bonds is 9. The molecule has 0 spiro atoms. The summed E-state index contributed by atoms with van der Waals surface area (Å²) in [5, 5.41) is 2.87. The van der Waals surface area contributed by atoms with E-state index in [-0.39, 0.29) is 5.91 Å². The maximum absolute atomic E-state index is 12.3. The Bertz CT molecular complexity index is 690. The van der Waals surface area contributed by atoms with Crippen molar-refractivity contribution in [3.63, 3.8) is 0 Å². The standard InChI is InChI=1S/C21H25NO3/c1-4-5-14-24-19-12-8-18(9-13-19)22-21(23)17-6-10-20(11-7-17)25-15-16(2)3/h6-13H,2,4-5,14-15H2,1,3H3,(H,22,23). The van der Waals surface area contributed by atoms with Crippen LogP contribution < -0.4 is 14.8 Å². The Kier molecular flexibility index (Phi) is 7.08. The lowest BCUT2D eigenvalue weighted by molar-refractivity contribution is 0.102. The van der Waals surface area contributed by atoms with Crippen molar-refractivity contribution >= 4 is 11.6 Å². The maximum atomic E-state index is 12.3. The van der Waals surface area contributed by atoms with Crippen molar-refractivity contribution in [1.29, 1.82) is 0 Å². The van der Waals surface area contributed by atoms with Gasteiger partial charge in [0.2, 0.25) is 0 Å². The number of carbonyl (C=O) groups is 1. The van der Waals surface area contributed by atoms with Crippen molar-refractivity contribution in [2.75, 3.05) is 18.5 Å². The summed E-state index contributed by atoms with van der Waals surface area (Å²) in [6.07, 6.45) is 2.13. The summed E-state index contributed by atoms with van der Waals surface area (Å²) < 4.78 is 11.1. The first-order valence-electron chi connectivity index (χ1n) is 8.50. The molecule has 0 saturated heterocycles. The third kappa shape index (κ3) is 6.34. The van der Waals surface area contributed by atoms with Crippen LogP contribution in [0.2, 0.25) is 0 Å². The lowest BCUT2D eigenvalue weighted by atomic mass is 10.2. The van der Waals surface area contributed by atoms with E-state index in [0.29, 0.717) is 24.5 Å². The van der Waals surface area contributed by atoms with Gasteiger partial charge in [0.25, 0.3) is 5.91 Å². The Morgan fingerprint density at radius 1 is 1.00 bits per heavy atom. The van der Waals surface area contributed by atoms with Gasteiger partial charge in [-0.05, 0) is 67.4 Å². The van der Waals surface area contributed by atoms with E-state index in [2.05, 4.69) is 18.8 Å². The molecule has 2 rings (SSSR count). The van der Waals surface area contributed by atoms with Gasteiger partial charge in [-0.1, -0.05) is 19.9 Å². The second kappa shape index (κ2) is 9.52. The van der Waals surface area contributed by atoms with Crippen LogP contribution in [0.4, 0.5) is 5.69 Å². The second-order valence-corrected chi connectivity index (χ2v) is 5.95. The molecule has 1 amide bonds. The van der Waals surface area contributed by atoms with Gasteiger partial charge in [-0.2, -0.15) is 0 Å². The molecule has 1 N–H and O–H groups in total. The highest BCUT2D eigenvalue weighted by molar-refractivity contribution is 6.04. The fourth-order valence-electron chi connectivity index (χ4n) is 2.08. The molecular formula is C21H25NO3. The first-order valence-corrected chi connectivity index (χ1v) is 8.50. The van der Waals surface area contributed by atoms with Crippen LogP contribution >= 0.6 is 0 Å². The molecule has 0 radical (unpaired) electrons. The first kappa shape index (κ1) is 18.6. The SMILES string of the molecule is C=C(C)COc1ccc(C(=O)Nc2ccc(OCCCC)cc2)cc1. The number of benzene rings is 2. The molecule has 0 aliphatic carbocycles. The Balaban J connectivity index is 1.89. The molecule has 4 nitrogen and oxygen atoms in total. The molecule has 4 heteroatoms. The van der Waals surface area contributed by atoms with Gasteiger partial charge in [0.15, 0.2) is 0 Å². The quantitative estimate of drug-likeness (QED) is 0.512. The molecular weight excluding hydrogens is 314 g/mol. The lowest BCUT2D eigenvalue weighted by Gasteiger charge is -2.09. The summed E-state index contributed by atoms with van der Waals surface area (Å²) in [5.74, 6) is 1.37. The predicted octanol–water partition coefficient (Wildman–Crippen LogP) is 5.07. The molecule has 0 fully saturated rings. The fraction of sp³-hybridized carbons (Fsp3) is 0.286. The molecule has 0 aliphatic heterocycles. The number of ether oxygens (including phenoxy) is 2. The zero-order valence-corrected chi connectivity index (χ0v) is 14.9. The zero-order chi connectivity index (χ0) is 18.1. The van der Waals surface area contributed by atoms with E-state index in [1.807, 2.05) is 31.2 Å². The lowest BCUT2D eigenvalue weighted by Crippen LogP contribution is -2.11. The Hall–Kier alpha value is -2.75. The van der Waals surface area contributed by atoms with Crippen LogP contribution in [0.15, 0.2) is 60.7 Å². The minimum atomic E-state index is -0.161. The van der Waals surface area contributed by atoms with Crippen LogP contribution in [0.25, 0.3) is 0 Å². The van der Waals surface area contributed by atoms with Gasteiger partial charge in [-0.3, -0.25) is 4.79 Å². The summed E-state index contributed by atoms with van der Waals surface area (Å²) >= 11 is 0. The molecule has 0 atom stereocenters. The molecule has 0 aromatic heterocycles. The monoisotopic (exact) mass is 339 g/mol. The van der Waals surface area contributed by atoms with E-state index >= 15 is 0 Å². The molecule has 0 aliphatic rings. The smallest absolute Gasteiger partial charge is 0.255 e. The fourth-order valence-corrected chi connectivity index (χ4v) is 2.08. The van der Waals surface area contributed by atoms with Crippen LogP contribution in [0.3, 0.4) is 0 Å². The molecule has 0 saturated carbocycles. The van der Waals surface area contributed by atoms with Gasteiger partial charge in [-0.15, -0.1) is 0 Å². The van der Waals surface area contributed by atoms with Crippen molar-refractivity contribution in [3.8, 4) is 11.5 Å². The number of nitrogens with one attached hydrogen (secondary N) is 1. The number of unbranched alkanes of at least 4 members (excludes halogenated alkanes) is 1. The average Bonchev–Trinajstić information content (AvgIpc) is 2.62. The molecule has 2 aromatic rings. The van der Waals surface area contributed by atoms with E-state index in [1.54, 1.807) is 24.3 Å². The summed E-state index contributed by atoms with van der Waals surface area (Å²) in [4.78, 5) is 12.3. The van der Waals surface area contributed by atoms with Crippen molar-refractivity contribution in [3.05, 3.63) is 66.2 Å². The Morgan fingerprint density at radius 2 is 1.60 bits per heavy atom. The van der Waals surface area contributed by atoms with Crippen molar-refractivity contribution < 1.29 is 14.3 Å². The predicted molar refractivity (Wildman–Crippen MR) is 102 cm³/mol. The number of carbonyl (C=O) groups excluding carboxylic acids is 1.